The molecule has 1 amide bonds. The van der Waals surface area contributed by atoms with Gasteiger partial charge in [-0.1, -0.05) is 38.1 Å². The molecule has 0 saturated heterocycles. The molecule has 0 aromatic heterocycles. The lowest BCUT2D eigenvalue weighted by Crippen LogP contribution is -2.35. The molecule has 1 unspecified atom stereocenters. The number of amides is 1. The van der Waals surface area contributed by atoms with E-state index in [0.717, 1.165) is 19.3 Å². The number of nitrogens with zero attached hydrogens (tertiary/aromatic N) is 1. The van der Waals surface area contributed by atoms with Gasteiger partial charge < -0.3 is 10.6 Å². The van der Waals surface area contributed by atoms with Crippen LogP contribution in [-0.4, -0.2) is 38.3 Å². The highest BCUT2D eigenvalue weighted by molar-refractivity contribution is 7.89. The van der Waals surface area contributed by atoms with Crippen LogP contribution in [0.4, 0.5) is 5.69 Å². The highest BCUT2D eigenvalue weighted by atomic mass is 32.2. The molecule has 2 N–H and O–H groups in total. The van der Waals surface area contributed by atoms with Gasteiger partial charge in [-0.3, -0.25) is 4.79 Å². The molecule has 2 aromatic carbocycles. The number of benzene rings is 2. The molecular weight excluding hydrogens is 386 g/mol. The highest BCUT2D eigenvalue weighted by Gasteiger charge is 2.22. The van der Waals surface area contributed by atoms with Crippen molar-refractivity contribution in [3.05, 3.63) is 59.7 Å². The highest BCUT2D eigenvalue weighted by Crippen LogP contribution is 2.29. The van der Waals surface area contributed by atoms with Crippen LogP contribution in [0.1, 0.15) is 43.9 Å². The lowest BCUT2D eigenvalue weighted by atomic mass is 9.88. The maximum atomic E-state index is 12.5. The Morgan fingerprint density at radius 1 is 1.07 bits per heavy atom. The predicted molar refractivity (Wildman–Crippen MR) is 115 cm³/mol. The monoisotopic (exact) mass is 415 g/mol. The SMILES string of the molecule is CCN(CC)S(=O)(=O)c1ccc(NCC(=O)NC2CCCc3ccccc32)cc1. The van der Waals surface area contributed by atoms with E-state index < -0.39 is 10.0 Å². The molecule has 0 spiro atoms. The van der Waals surface area contributed by atoms with Gasteiger partial charge in [0.25, 0.3) is 0 Å². The first kappa shape index (κ1) is 21.3. The Balaban J connectivity index is 1.58. The molecule has 1 aliphatic rings. The first-order valence-corrected chi connectivity index (χ1v) is 11.6. The van der Waals surface area contributed by atoms with Gasteiger partial charge in [-0.25, -0.2) is 8.42 Å². The van der Waals surface area contributed by atoms with E-state index in [1.807, 2.05) is 26.0 Å². The van der Waals surface area contributed by atoms with E-state index in [4.69, 9.17) is 0 Å². The molecular formula is C22H29N3O3S. The average Bonchev–Trinajstić information content (AvgIpc) is 2.73. The fourth-order valence-electron chi connectivity index (χ4n) is 3.79. The quantitative estimate of drug-likeness (QED) is 0.693. The van der Waals surface area contributed by atoms with Crippen molar-refractivity contribution in [3.8, 4) is 0 Å². The third-order valence-corrected chi connectivity index (χ3v) is 7.42. The van der Waals surface area contributed by atoms with Crippen molar-refractivity contribution >= 4 is 21.6 Å². The van der Waals surface area contributed by atoms with Crippen LogP contribution in [0, 0.1) is 0 Å². The fourth-order valence-corrected chi connectivity index (χ4v) is 5.25. The first-order valence-electron chi connectivity index (χ1n) is 10.2. The molecule has 0 bridgehead atoms. The number of carbonyl (C=O) groups excluding carboxylic acids is 1. The molecule has 6 nitrogen and oxygen atoms in total. The number of aryl methyl sites for hydroxylation is 1. The van der Waals surface area contributed by atoms with Crippen molar-refractivity contribution in [2.45, 2.75) is 44.0 Å². The van der Waals surface area contributed by atoms with Crippen LogP contribution < -0.4 is 10.6 Å². The van der Waals surface area contributed by atoms with E-state index >= 15 is 0 Å². The van der Waals surface area contributed by atoms with Crippen LogP contribution in [0.15, 0.2) is 53.4 Å². The third-order valence-electron chi connectivity index (χ3n) is 5.36. The molecule has 156 valence electrons. The van der Waals surface area contributed by atoms with Crippen molar-refractivity contribution in [2.75, 3.05) is 25.0 Å². The van der Waals surface area contributed by atoms with Crippen molar-refractivity contribution in [2.24, 2.45) is 0 Å². The lowest BCUT2D eigenvalue weighted by Gasteiger charge is -2.26. The number of carbonyl (C=O) groups is 1. The van der Waals surface area contributed by atoms with Crippen molar-refractivity contribution in [1.29, 1.82) is 0 Å². The summed E-state index contributed by atoms with van der Waals surface area (Å²) in [6, 6.07) is 14.8. The number of rotatable bonds is 8. The van der Waals surface area contributed by atoms with Gasteiger partial charge in [0.05, 0.1) is 17.5 Å². The van der Waals surface area contributed by atoms with Crippen molar-refractivity contribution in [3.63, 3.8) is 0 Å². The second-order valence-electron chi connectivity index (χ2n) is 7.18. The van der Waals surface area contributed by atoms with E-state index in [-0.39, 0.29) is 23.4 Å². The summed E-state index contributed by atoms with van der Waals surface area (Å²) >= 11 is 0. The Bertz CT molecular complexity index is 938. The third kappa shape index (κ3) is 4.97. The predicted octanol–water partition coefficient (Wildman–Crippen LogP) is 3.32. The number of fused-ring (bicyclic) bond motifs is 1. The maximum Gasteiger partial charge on any atom is 0.243 e. The summed E-state index contributed by atoms with van der Waals surface area (Å²) in [6.07, 6.45) is 3.07. The molecule has 0 saturated carbocycles. The maximum absolute atomic E-state index is 12.5. The minimum Gasteiger partial charge on any atom is -0.376 e. The van der Waals surface area contributed by atoms with Crippen molar-refractivity contribution in [1.82, 2.24) is 9.62 Å². The summed E-state index contributed by atoms with van der Waals surface area (Å²) in [6.45, 7) is 4.65. The van der Waals surface area contributed by atoms with E-state index in [0.29, 0.717) is 18.8 Å². The van der Waals surface area contributed by atoms with Crippen LogP contribution in [0.25, 0.3) is 0 Å². The average molecular weight is 416 g/mol. The molecule has 29 heavy (non-hydrogen) atoms. The Morgan fingerprint density at radius 3 is 2.45 bits per heavy atom. The second-order valence-corrected chi connectivity index (χ2v) is 9.12. The Morgan fingerprint density at radius 2 is 1.76 bits per heavy atom. The molecule has 0 aliphatic heterocycles. The number of nitrogens with one attached hydrogen (secondary N) is 2. The molecule has 0 radical (unpaired) electrons. The normalized spacial score (nSPS) is 16.3. The van der Waals surface area contributed by atoms with Gasteiger partial charge in [-0.15, -0.1) is 0 Å². The van der Waals surface area contributed by atoms with Gasteiger partial charge in [0.15, 0.2) is 0 Å². The summed E-state index contributed by atoms with van der Waals surface area (Å²) in [4.78, 5) is 12.7. The minimum absolute atomic E-state index is 0.0517. The van der Waals surface area contributed by atoms with Crippen LogP contribution >= 0.6 is 0 Å². The van der Waals surface area contributed by atoms with E-state index in [1.165, 1.54) is 15.4 Å². The van der Waals surface area contributed by atoms with Gasteiger partial charge in [-0.05, 0) is 54.7 Å². The molecule has 0 fully saturated rings. The van der Waals surface area contributed by atoms with Gasteiger partial charge in [0, 0.05) is 18.8 Å². The van der Waals surface area contributed by atoms with Gasteiger partial charge in [0.1, 0.15) is 0 Å². The van der Waals surface area contributed by atoms with Crippen LogP contribution in [0.3, 0.4) is 0 Å². The summed E-state index contributed by atoms with van der Waals surface area (Å²) in [7, 11) is -3.47. The van der Waals surface area contributed by atoms with Crippen LogP contribution in [-0.2, 0) is 21.2 Å². The topological polar surface area (TPSA) is 78.5 Å². The van der Waals surface area contributed by atoms with Crippen LogP contribution in [0.5, 0.6) is 0 Å². The summed E-state index contributed by atoms with van der Waals surface area (Å²) < 4.78 is 26.5. The number of anilines is 1. The largest absolute Gasteiger partial charge is 0.376 e. The number of sulfonamides is 1. The van der Waals surface area contributed by atoms with Gasteiger partial charge in [0.2, 0.25) is 15.9 Å². The number of hydrogen-bond donors (Lipinski definition) is 2. The smallest absolute Gasteiger partial charge is 0.243 e. The van der Waals surface area contributed by atoms with E-state index in [9.17, 15) is 13.2 Å². The summed E-state index contributed by atoms with van der Waals surface area (Å²) in [5.74, 6) is -0.0773. The number of hydrogen-bond acceptors (Lipinski definition) is 4. The summed E-state index contributed by atoms with van der Waals surface area (Å²) in [5, 5.41) is 6.18. The standard InChI is InChI=1S/C22H29N3O3S/c1-3-25(4-2)29(27,28)19-14-12-18(13-15-19)23-16-22(26)24-21-11-7-9-17-8-5-6-10-20(17)21/h5-6,8,10,12-15,21,23H,3-4,7,9,11,16H2,1-2H3,(H,24,26). The van der Waals surface area contributed by atoms with Crippen LogP contribution in [0.2, 0.25) is 0 Å². The van der Waals surface area contributed by atoms with Gasteiger partial charge in [-0.2, -0.15) is 4.31 Å². The minimum atomic E-state index is -3.47. The fraction of sp³-hybridized carbons (Fsp3) is 0.409. The Hall–Kier alpha value is -2.38. The Labute approximate surface area is 173 Å². The summed E-state index contributed by atoms with van der Waals surface area (Å²) in [5.41, 5.74) is 3.22. The molecule has 3 rings (SSSR count). The lowest BCUT2D eigenvalue weighted by molar-refractivity contribution is -0.120. The molecule has 1 aliphatic carbocycles. The molecule has 1 atom stereocenters. The molecule has 7 heteroatoms. The zero-order valence-electron chi connectivity index (χ0n) is 17.0. The molecule has 2 aromatic rings. The van der Waals surface area contributed by atoms with Crippen molar-refractivity contribution < 1.29 is 13.2 Å². The Kier molecular flexibility index (Phi) is 6.92. The van der Waals surface area contributed by atoms with Gasteiger partial charge >= 0.3 is 0 Å². The zero-order valence-corrected chi connectivity index (χ0v) is 17.8. The van der Waals surface area contributed by atoms with E-state index in [1.54, 1.807) is 24.3 Å². The van der Waals surface area contributed by atoms with E-state index in [2.05, 4.69) is 22.8 Å². The molecule has 0 heterocycles. The first-order chi connectivity index (χ1) is 14.0. The zero-order chi connectivity index (χ0) is 20.9. The second kappa shape index (κ2) is 9.41.